The number of carbonyl (C=O) groups is 1. The molecule has 1 aliphatic heterocycles. The molecule has 0 saturated carbocycles. The van der Waals surface area contributed by atoms with Gasteiger partial charge in [-0.1, -0.05) is 20.8 Å². The highest BCUT2D eigenvalue weighted by molar-refractivity contribution is 5.85. The predicted molar refractivity (Wildman–Crippen MR) is 65.0 cm³/mol. The van der Waals surface area contributed by atoms with Gasteiger partial charge in [-0.15, -0.1) is 12.4 Å². The lowest BCUT2D eigenvalue weighted by Crippen LogP contribution is -2.51. The molecular formula is C11H20ClN3O. The van der Waals surface area contributed by atoms with Crippen LogP contribution >= 0.6 is 12.4 Å². The second-order valence-corrected chi connectivity index (χ2v) is 5.16. The van der Waals surface area contributed by atoms with Crippen LogP contribution in [0.1, 0.15) is 33.6 Å². The van der Waals surface area contributed by atoms with E-state index in [-0.39, 0.29) is 29.8 Å². The molecule has 1 aliphatic rings. The molecule has 1 saturated heterocycles. The van der Waals surface area contributed by atoms with Crippen molar-refractivity contribution in [1.82, 2.24) is 4.90 Å². The lowest BCUT2D eigenvalue weighted by molar-refractivity contribution is -0.134. The van der Waals surface area contributed by atoms with Crippen molar-refractivity contribution in [3.05, 3.63) is 0 Å². The average molecular weight is 246 g/mol. The van der Waals surface area contributed by atoms with Gasteiger partial charge in [0.1, 0.15) is 6.04 Å². The van der Waals surface area contributed by atoms with Crippen molar-refractivity contribution in [1.29, 1.82) is 5.26 Å². The topological polar surface area (TPSA) is 70.1 Å². The summed E-state index contributed by atoms with van der Waals surface area (Å²) in [4.78, 5) is 13.6. The smallest absolute Gasteiger partial charge is 0.241 e. The summed E-state index contributed by atoms with van der Waals surface area (Å²) in [5, 5.41) is 8.89. The van der Waals surface area contributed by atoms with Gasteiger partial charge in [0.2, 0.25) is 5.91 Å². The zero-order chi connectivity index (χ0) is 11.6. The minimum atomic E-state index is -0.522. The zero-order valence-electron chi connectivity index (χ0n) is 10.1. The van der Waals surface area contributed by atoms with Crippen LogP contribution in [0.2, 0.25) is 0 Å². The standard InChI is InChI=1S/C11H19N3O.ClH/c1-11(2,3)9(13)10(15)14-6-4-5-8(14)7-12;/h8-9H,4-6,13H2,1-3H3;1H/t8?,9-;/m1./s1. The van der Waals surface area contributed by atoms with Crippen LogP contribution in [-0.4, -0.2) is 29.4 Å². The normalized spacial score (nSPS) is 22.2. The first-order valence-electron chi connectivity index (χ1n) is 5.33. The van der Waals surface area contributed by atoms with E-state index >= 15 is 0 Å². The molecule has 0 radical (unpaired) electrons. The Bertz CT molecular complexity index is 293. The Morgan fingerprint density at radius 3 is 2.56 bits per heavy atom. The maximum atomic E-state index is 12.0. The van der Waals surface area contributed by atoms with Crippen molar-refractivity contribution in [3.63, 3.8) is 0 Å². The summed E-state index contributed by atoms with van der Waals surface area (Å²) in [5.41, 5.74) is 5.64. The molecular weight excluding hydrogens is 226 g/mol. The number of amides is 1. The molecule has 0 aromatic rings. The Kier molecular flexibility index (Phi) is 5.24. The monoisotopic (exact) mass is 245 g/mol. The Balaban J connectivity index is 0.00000225. The van der Waals surface area contributed by atoms with E-state index < -0.39 is 6.04 Å². The summed E-state index contributed by atoms with van der Waals surface area (Å²) in [7, 11) is 0. The number of nitriles is 1. The molecule has 2 N–H and O–H groups in total. The molecule has 0 aromatic heterocycles. The van der Waals surface area contributed by atoms with Crippen LogP contribution in [0.25, 0.3) is 0 Å². The van der Waals surface area contributed by atoms with Gasteiger partial charge in [-0.05, 0) is 18.3 Å². The molecule has 1 unspecified atom stereocenters. The fourth-order valence-electron chi connectivity index (χ4n) is 1.71. The first kappa shape index (κ1) is 15.2. The quantitative estimate of drug-likeness (QED) is 0.757. The van der Waals surface area contributed by atoms with Crippen molar-refractivity contribution in [3.8, 4) is 6.07 Å². The number of hydrogen-bond donors (Lipinski definition) is 1. The zero-order valence-corrected chi connectivity index (χ0v) is 10.9. The average Bonchev–Trinajstić information content (AvgIpc) is 2.61. The molecule has 1 fully saturated rings. The fraction of sp³-hybridized carbons (Fsp3) is 0.818. The molecule has 0 bridgehead atoms. The Labute approximate surface area is 103 Å². The highest BCUT2D eigenvalue weighted by atomic mass is 35.5. The van der Waals surface area contributed by atoms with E-state index in [9.17, 15) is 4.79 Å². The molecule has 1 amide bonds. The Morgan fingerprint density at radius 1 is 1.56 bits per heavy atom. The maximum absolute atomic E-state index is 12.0. The lowest BCUT2D eigenvalue weighted by Gasteiger charge is -2.31. The molecule has 2 atom stereocenters. The third-order valence-corrected chi connectivity index (χ3v) is 2.88. The molecule has 5 heteroatoms. The van der Waals surface area contributed by atoms with Crippen LogP contribution in [0, 0.1) is 16.7 Å². The second-order valence-electron chi connectivity index (χ2n) is 5.16. The van der Waals surface area contributed by atoms with Gasteiger partial charge in [0, 0.05) is 6.54 Å². The van der Waals surface area contributed by atoms with Crippen LogP contribution in [0.3, 0.4) is 0 Å². The number of halogens is 1. The van der Waals surface area contributed by atoms with Crippen LogP contribution in [-0.2, 0) is 4.79 Å². The third kappa shape index (κ3) is 3.10. The van der Waals surface area contributed by atoms with E-state index in [1.165, 1.54) is 0 Å². The first-order chi connectivity index (χ1) is 6.88. The van der Waals surface area contributed by atoms with Gasteiger partial charge in [0.15, 0.2) is 0 Å². The Morgan fingerprint density at radius 2 is 2.12 bits per heavy atom. The predicted octanol–water partition coefficient (Wildman–Crippen LogP) is 1.30. The van der Waals surface area contributed by atoms with E-state index in [2.05, 4.69) is 6.07 Å². The number of hydrogen-bond acceptors (Lipinski definition) is 3. The SMILES string of the molecule is CC(C)(C)[C@H](N)C(=O)N1CCCC1C#N.Cl. The van der Waals surface area contributed by atoms with Crippen LogP contribution in [0.15, 0.2) is 0 Å². The maximum Gasteiger partial charge on any atom is 0.241 e. The minimum Gasteiger partial charge on any atom is -0.325 e. The summed E-state index contributed by atoms with van der Waals surface area (Å²) in [6, 6.07) is 1.36. The van der Waals surface area contributed by atoms with Crippen molar-refractivity contribution in [2.24, 2.45) is 11.1 Å². The van der Waals surface area contributed by atoms with Crippen LogP contribution in [0.4, 0.5) is 0 Å². The van der Waals surface area contributed by atoms with Gasteiger partial charge in [-0.2, -0.15) is 5.26 Å². The third-order valence-electron chi connectivity index (χ3n) is 2.88. The highest BCUT2D eigenvalue weighted by Crippen LogP contribution is 2.23. The number of nitrogens with two attached hydrogens (primary N) is 1. The second kappa shape index (κ2) is 5.51. The molecule has 4 nitrogen and oxygen atoms in total. The van der Waals surface area contributed by atoms with Gasteiger partial charge in [-0.25, -0.2) is 0 Å². The van der Waals surface area contributed by atoms with Gasteiger partial charge >= 0.3 is 0 Å². The number of nitrogens with zero attached hydrogens (tertiary/aromatic N) is 2. The van der Waals surface area contributed by atoms with E-state index in [0.717, 1.165) is 12.8 Å². The molecule has 0 aliphatic carbocycles. The molecule has 0 spiro atoms. The van der Waals surface area contributed by atoms with Gasteiger partial charge in [-0.3, -0.25) is 4.79 Å². The van der Waals surface area contributed by atoms with Crippen molar-refractivity contribution in [2.75, 3.05) is 6.54 Å². The van der Waals surface area contributed by atoms with Gasteiger partial charge < -0.3 is 10.6 Å². The van der Waals surface area contributed by atoms with Gasteiger partial charge in [0.25, 0.3) is 0 Å². The number of rotatable bonds is 1. The fourth-order valence-corrected chi connectivity index (χ4v) is 1.71. The van der Waals surface area contributed by atoms with E-state index in [1.807, 2.05) is 20.8 Å². The van der Waals surface area contributed by atoms with Crippen molar-refractivity contribution in [2.45, 2.75) is 45.7 Å². The van der Waals surface area contributed by atoms with E-state index in [1.54, 1.807) is 4.90 Å². The van der Waals surface area contributed by atoms with Crippen molar-refractivity contribution < 1.29 is 4.79 Å². The van der Waals surface area contributed by atoms with E-state index in [4.69, 9.17) is 11.0 Å². The summed E-state index contributed by atoms with van der Waals surface area (Å²) < 4.78 is 0. The van der Waals surface area contributed by atoms with Crippen molar-refractivity contribution >= 4 is 18.3 Å². The molecule has 1 rings (SSSR count). The summed E-state index contributed by atoms with van der Waals surface area (Å²) in [6.45, 7) is 6.48. The first-order valence-corrected chi connectivity index (χ1v) is 5.33. The van der Waals surface area contributed by atoms with E-state index in [0.29, 0.717) is 6.54 Å². The summed E-state index contributed by atoms with van der Waals surface area (Å²) in [6.07, 6.45) is 1.68. The summed E-state index contributed by atoms with van der Waals surface area (Å²) in [5.74, 6) is -0.0912. The lowest BCUT2D eigenvalue weighted by atomic mass is 9.86. The minimum absolute atomic E-state index is 0. The largest absolute Gasteiger partial charge is 0.325 e. The highest BCUT2D eigenvalue weighted by Gasteiger charge is 2.36. The molecule has 92 valence electrons. The number of carbonyl (C=O) groups excluding carboxylic acids is 1. The molecule has 0 aromatic carbocycles. The van der Waals surface area contributed by atoms with Crippen LogP contribution in [0.5, 0.6) is 0 Å². The molecule has 16 heavy (non-hydrogen) atoms. The van der Waals surface area contributed by atoms with Crippen LogP contribution < -0.4 is 5.73 Å². The van der Waals surface area contributed by atoms with Gasteiger partial charge in [0.05, 0.1) is 12.1 Å². The summed E-state index contributed by atoms with van der Waals surface area (Å²) >= 11 is 0. The number of likely N-dealkylation sites (tertiary alicyclic amines) is 1. The Hall–Kier alpha value is -0.790. The molecule has 1 heterocycles.